The van der Waals surface area contributed by atoms with Crippen molar-refractivity contribution >= 4 is 28.2 Å². The minimum absolute atomic E-state index is 0.229. The van der Waals surface area contributed by atoms with Crippen LogP contribution < -0.4 is 5.32 Å². The van der Waals surface area contributed by atoms with Crippen molar-refractivity contribution in [3.05, 3.63) is 53.7 Å². The minimum Gasteiger partial charge on any atom is -0.391 e. The predicted molar refractivity (Wildman–Crippen MR) is 97.0 cm³/mol. The third-order valence-corrected chi connectivity index (χ3v) is 4.65. The van der Waals surface area contributed by atoms with Gasteiger partial charge in [0.05, 0.1) is 23.0 Å². The number of nitrogens with one attached hydrogen (secondary N) is 2. The summed E-state index contributed by atoms with van der Waals surface area (Å²) < 4.78 is 14.3. The molecule has 0 aliphatic carbocycles. The SMILES string of the molecule is Cc1ccc(Nc2c(C(=O)N3CCC(O)C3)[nH]c3ccncc23)c(F)c1. The normalized spacial score (nSPS) is 17.0. The number of H-pyrrole nitrogens is 1. The number of anilines is 2. The number of hydrogen-bond acceptors (Lipinski definition) is 4. The van der Waals surface area contributed by atoms with Crippen LogP contribution in [0, 0.1) is 12.7 Å². The molecule has 1 aromatic carbocycles. The molecule has 1 aliphatic rings. The molecule has 7 heteroatoms. The molecule has 2 aromatic heterocycles. The number of aliphatic hydroxyl groups excluding tert-OH is 1. The zero-order chi connectivity index (χ0) is 18.3. The van der Waals surface area contributed by atoms with E-state index in [9.17, 15) is 14.3 Å². The molecule has 0 saturated carbocycles. The number of amides is 1. The summed E-state index contributed by atoms with van der Waals surface area (Å²) in [5, 5.41) is 13.5. The molecule has 0 bridgehead atoms. The number of nitrogens with zero attached hydrogens (tertiary/aromatic N) is 2. The number of carbonyl (C=O) groups is 1. The van der Waals surface area contributed by atoms with Gasteiger partial charge < -0.3 is 20.3 Å². The quantitative estimate of drug-likeness (QED) is 0.675. The number of β-amino-alcohol motifs (C(OH)–C–C–N with tert-alkyl or cyclic N) is 1. The number of pyridine rings is 1. The van der Waals surface area contributed by atoms with E-state index >= 15 is 0 Å². The van der Waals surface area contributed by atoms with Gasteiger partial charge in [-0.2, -0.15) is 0 Å². The molecule has 1 saturated heterocycles. The summed E-state index contributed by atoms with van der Waals surface area (Å²) in [7, 11) is 0. The smallest absolute Gasteiger partial charge is 0.272 e. The van der Waals surface area contributed by atoms with Gasteiger partial charge in [0, 0.05) is 30.9 Å². The van der Waals surface area contributed by atoms with Crippen LogP contribution in [-0.2, 0) is 0 Å². The number of hydrogen-bond donors (Lipinski definition) is 3. The summed E-state index contributed by atoms with van der Waals surface area (Å²) in [6.07, 6.45) is 3.32. The highest BCUT2D eigenvalue weighted by Crippen LogP contribution is 2.32. The van der Waals surface area contributed by atoms with Crippen LogP contribution in [0.2, 0.25) is 0 Å². The summed E-state index contributed by atoms with van der Waals surface area (Å²) in [6, 6.07) is 6.65. The molecule has 3 aromatic rings. The number of halogens is 1. The van der Waals surface area contributed by atoms with Gasteiger partial charge in [-0.05, 0) is 37.1 Å². The standard InChI is InChI=1S/C19H19FN4O2/c1-11-2-3-16(14(20)8-11)23-17-13-9-21-6-4-15(13)22-18(17)19(26)24-7-5-12(25)10-24/h2-4,6,8-9,12,22-23,25H,5,7,10H2,1H3. The van der Waals surface area contributed by atoms with Gasteiger partial charge in [0.25, 0.3) is 5.91 Å². The maximum Gasteiger partial charge on any atom is 0.272 e. The number of aryl methyl sites for hydroxylation is 1. The van der Waals surface area contributed by atoms with Crippen molar-refractivity contribution in [1.29, 1.82) is 0 Å². The largest absolute Gasteiger partial charge is 0.391 e. The topological polar surface area (TPSA) is 81.3 Å². The van der Waals surface area contributed by atoms with Crippen LogP contribution in [0.1, 0.15) is 22.5 Å². The fraction of sp³-hybridized carbons (Fsp3) is 0.263. The highest BCUT2D eigenvalue weighted by Gasteiger charge is 2.29. The summed E-state index contributed by atoms with van der Waals surface area (Å²) in [6.45, 7) is 2.60. The number of aliphatic hydroxyl groups is 1. The van der Waals surface area contributed by atoms with Crippen LogP contribution in [0.15, 0.2) is 36.7 Å². The number of aromatic nitrogens is 2. The van der Waals surface area contributed by atoms with Crippen molar-refractivity contribution in [3.63, 3.8) is 0 Å². The highest BCUT2D eigenvalue weighted by molar-refractivity contribution is 6.09. The molecule has 1 amide bonds. The van der Waals surface area contributed by atoms with E-state index in [4.69, 9.17) is 0 Å². The lowest BCUT2D eigenvalue weighted by atomic mass is 10.2. The fourth-order valence-corrected chi connectivity index (χ4v) is 3.27. The zero-order valence-electron chi connectivity index (χ0n) is 14.3. The molecule has 1 fully saturated rings. The van der Waals surface area contributed by atoms with E-state index in [0.717, 1.165) is 11.1 Å². The average Bonchev–Trinajstić information content (AvgIpc) is 3.21. The summed E-state index contributed by atoms with van der Waals surface area (Å²) in [5.41, 5.74) is 2.66. The molecule has 3 heterocycles. The van der Waals surface area contributed by atoms with Crippen LogP contribution >= 0.6 is 0 Å². The van der Waals surface area contributed by atoms with E-state index in [1.54, 1.807) is 35.5 Å². The number of carbonyl (C=O) groups excluding carboxylic acids is 1. The Balaban J connectivity index is 1.78. The van der Waals surface area contributed by atoms with Gasteiger partial charge >= 0.3 is 0 Å². The maximum absolute atomic E-state index is 14.3. The maximum atomic E-state index is 14.3. The molecule has 26 heavy (non-hydrogen) atoms. The molecule has 4 rings (SSSR count). The second kappa shape index (κ2) is 6.42. The van der Waals surface area contributed by atoms with E-state index in [2.05, 4.69) is 15.3 Å². The second-order valence-corrected chi connectivity index (χ2v) is 6.60. The Hall–Kier alpha value is -2.93. The summed E-state index contributed by atoms with van der Waals surface area (Å²) >= 11 is 0. The van der Waals surface area contributed by atoms with Crippen molar-refractivity contribution in [2.45, 2.75) is 19.4 Å². The Kier molecular flexibility index (Phi) is 4.08. The van der Waals surface area contributed by atoms with Gasteiger partial charge in [0.15, 0.2) is 0 Å². The van der Waals surface area contributed by atoms with Gasteiger partial charge in [-0.1, -0.05) is 6.07 Å². The zero-order valence-corrected chi connectivity index (χ0v) is 14.3. The van der Waals surface area contributed by atoms with Crippen LogP contribution in [0.3, 0.4) is 0 Å². The first-order valence-corrected chi connectivity index (χ1v) is 8.49. The second-order valence-electron chi connectivity index (χ2n) is 6.60. The van der Waals surface area contributed by atoms with E-state index in [1.165, 1.54) is 6.07 Å². The number of benzene rings is 1. The lowest BCUT2D eigenvalue weighted by Crippen LogP contribution is -2.30. The molecule has 1 atom stereocenters. The van der Waals surface area contributed by atoms with Gasteiger partial charge in [-0.15, -0.1) is 0 Å². The molecule has 3 N–H and O–H groups in total. The van der Waals surface area contributed by atoms with Gasteiger partial charge in [0.2, 0.25) is 0 Å². The van der Waals surface area contributed by atoms with Crippen LogP contribution in [0.25, 0.3) is 10.9 Å². The lowest BCUT2D eigenvalue weighted by Gasteiger charge is -2.16. The molecule has 6 nitrogen and oxygen atoms in total. The lowest BCUT2D eigenvalue weighted by molar-refractivity contribution is 0.0761. The number of aromatic amines is 1. The highest BCUT2D eigenvalue weighted by atomic mass is 19.1. The van der Waals surface area contributed by atoms with Crippen molar-refractivity contribution < 1.29 is 14.3 Å². The van der Waals surface area contributed by atoms with E-state index in [1.807, 2.05) is 6.92 Å². The van der Waals surface area contributed by atoms with E-state index < -0.39 is 11.9 Å². The molecule has 1 aliphatic heterocycles. The van der Waals surface area contributed by atoms with Crippen molar-refractivity contribution in [2.24, 2.45) is 0 Å². The fourth-order valence-electron chi connectivity index (χ4n) is 3.27. The third kappa shape index (κ3) is 2.90. The molecule has 134 valence electrons. The first kappa shape index (κ1) is 16.5. The Bertz CT molecular complexity index is 985. The summed E-state index contributed by atoms with van der Waals surface area (Å²) in [5.74, 6) is -0.619. The summed E-state index contributed by atoms with van der Waals surface area (Å²) in [4.78, 5) is 21.8. The monoisotopic (exact) mass is 354 g/mol. The van der Waals surface area contributed by atoms with Gasteiger partial charge in [-0.25, -0.2) is 4.39 Å². The molecular weight excluding hydrogens is 335 g/mol. The van der Waals surface area contributed by atoms with Gasteiger partial charge in [0.1, 0.15) is 11.5 Å². The third-order valence-electron chi connectivity index (χ3n) is 4.65. The number of rotatable bonds is 3. The first-order valence-electron chi connectivity index (χ1n) is 8.49. The van der Waals surface area contributed by atoms with E-state index in [-0.39, 0.29) is 11.6 Å². The van der Waals surface area contributed by atoms with E-state index in [0.29, 0.717) is 36.3 Å². The Labute approximate surface area is 149 Å². The van der Waals surface area contributed by atoms with Crippen LogP contribution in [-0.4, -0.2) is 45.1 Å². The average molecular weight is 354 g/mol. The van der Waals surface area contributed by atoms with Crippen molar-refractivity contribution in [3.8, 4) is 0 Å². The Morgan fingerprint density at radius 1 is 1.42 bits per heavy atom. The van der Waals surface area contributed by atoms with Crippen molar-refractivity contribution in [2.75, 3.05) is 18.4 Å². The molecule has 0 spiro atoms. The first-order chi connectivity index (χ1) is 12.5. The van der Waals surface area contributed by atoms with Crippen molar-refractivity contribution in [1.82, 2.24) is 14.9 Å². The molecule has 0 radical (unpaired) electrons. The molecular formula is C19H19FN4O2. The van der Waals surface area contributed by atoms with Gasteiger partial charge in [-0.3, -0.25) is 9.78 Å². The number of likely N-dealkylation sites (tertiary alicyclic amines) is 1. The Morgan fingerprint density at radius 2 is 2.27 bits per heavy atom. The van der Waals surface area contributed by atoms with Crippen LogP contribution in [0.4, 0.5) is 15.8 Å². The van der Waals surface area contributed by atoms with Crippen LogP contribution in [0.5, 0.6) is 0 Å². The number of fused-ring (bicyclic) bond motifs is 1. The molecule has 1 unspecified atom stereocenters. The minimum atomic E-state index is -0.504. The predicted octanol–water partition coefficient (Wildman–Crippen LogP) is 2.96. The Morgan fingerprint density at radius 3 is 3.00 bits per heavy atom.